The summed E-state index contributed by atoms with van der Waals surface area (Å²) in [6.45, 7) is 2.24. The SMILES string of the molecule is CNC(=O)c1ccc(CC2CCNCC2)cn1. The molecular weight excluding hydrogens is 214 g/mol. The maximum Gasteiger partial charge on any atom is 0.269 e. The highest BCUT2D eigenvalue weighted by molar-refractivity contribution is 5.91. The van der Waals surface area contributed by atoms with Crippen molar-refractivity contribution in [1.82, 2.24) is 15.6 Å². The highest BCUT2D eigenvalue weighted by Gasteiger charge is 2.14. The Labute approximate surface area is 102 Å². The van der Waals surface area contributed by atoms with E-state index in [0.717, 1.165) is 25.4 Å². The quantitative estimate of drug-likeness (QED) is 0.818. The molecule has 0 radical (unpaired) electrons. The van der Waals surface area contributed by atoms with Gasteiger partial charge in [-0.25, -0.2) is 0 Å². The second-order valence-corrected chi connectivity index (χ2v) is 4.53. The van der Waals surface area contributed by atoms with Gasteiger partial charge in [0.25, 0.3) is 5.91 Å². The Bertz CT molecular complexity index is 369. The highest BCUT2D eigenvalue weighted by Crippen LogP contribution is 2.17. The normalized spacial score (nSPS) is 16.8. The zero-order chi connectivity index (χ0) is 12.1. The van der Waals surface area contributed by atoms with Crippen LogP contribution in [0.15, 0.2) is 18.3 Å². The lowest BCUT2D eigenvalue weighted by Gasteiger charge is -2.22. The molecule has 1 aliphatic rings. The molecule has 4 nitrogen and oxygen atoms in total. The van der Waals surface area contributed by atoms with Crippen molar-refractivity contribution >= 4 is 5.91 Å². The number of hydrogen-bond acceptors (Lipinski definition) is 3. The van der Waals surface area contributed by atoms with Crippen LogP contribution in [0.25, 0.3) is 0 Å². The van der Waals surface area contributed by atoms with Crippen LogP contribution >= 0.6 is 0 Å². The Morgan fingerprint density at radius 1 is 1.47 bits per heavy atom. The van der Waals surface area contributed by atoms with Crippen molar-refractivity contribution in [3.63, 3.8) is 0 Å². The van der Waals surface area contributed by atoms with Gasteiger partial charge in [0.2, 0.25) is 0 Å². The van der Waals surface area contributed by atoms with Gasteiger partial charge in [0.15, 0.2) is 0 Å². The highest BCUT2D eigenvalue weighted by atomic mass is 16.1. The number of piperidine rings is 1. The summed E-state index contributed by atoms with van der Waals surface area (Å²) in [6.07, 6.45) is 5.36. The first-order valence-electron chi connectivity index (χ1n) is 6.17. The van der Waals surface area contributed by atoms with Gasteiger partial charge in [-0.15, -0.1) is 0 Å². The molecule has 17 heavy (non-hydrogen) atoms. The predicted molar refractivity (Wildman–Crippen MR) is 66.9 cm³/mol. The first-order chi connectivity index (χ1) is 8.29. The maximum absolute atomic E-state index is 11.3. The standard InChI is InChI=1S/C13H19N3O/c1-14-13(17)12-3-2-11(9-16-12)8-10-4-6-15-7-5-10/h2-3,9-10,15H,4-8H2,1H3,(H,14,17). The minimum atomic E-state index is -0.126. The van der Waals surface area contributed by atoms with Crippen LogP contribution in [-0.4, -0.2) is 31.0 Å². The second-order valence-electron chi connectivity index (χ2n) is 4.53. The van der Waals surface area contributed by atoms with Gasteiger partial charge < -0.3 is 10.6 Å². The lowest BCUT2D eigenvalue weighted by atomic mass is 9.91. The number of pyridine rings is 1. The van der Waals surface area contributed by atoms with Crippen molar-refractivity contribution < 1.29 is 4.79 Å². The van der Waals surface area contributed by atoms with Crippen LogP contribution in [0, 0.1) is 5.92 Å². The average Bonchev–Trinajstić information content (AvgIpc) is 2.40. The zero-order valence-electron chi connectivity index (χ0n) is 10.2. The van der Waals surface area contributed by atoms with E-state index in [1.807, 2.05) is 12.3 Å². The van der Waals surface area contributed by atoms with Gasteiger partial charge in [-0.1, -0.05) is 6.07 Å². The van der Waals surface area contributed by atoms with Crippen LogP contribution in [0.1, 0.15) is 28.9 Å². The molecule has 0 aliphatic carbocycles. The minimum Gasteiger partial charge on any atom is -0.354 e. The van der Waals surface area contributed by atoms with Gasteiger partial charge in [-0.05, 0) is 49.9 Å². The molecule has 0 spiro atoms. The molecule has 0 unspecified atom stereocenters. The van der Waals surface area contributed by atoms with Crippen molar-refractivity contribution in [1.29, 1.82) is 0 Å². The van der Waals surface area contributed by atoms with E-state index >= 15 is 0 Å². The number of amides is 1. The predicted octanol–water partition coefficient (Wildman–Crippen LogP) is 0.983. The van der Waals surface area contributed by atoms with Crippen LogP contribution in [0.3, 0.4) is 0 Å². The molecule has 2 rings (SSSR count). The topological polar surface area (TPSA) is 54.0 Å². The summed E-state index contributed by atoms with van der Waals surface area (Å²) in [7, 11) is 1.62. The summed E-state index contributed by atoms with van der Waals surface area (Å²) in [6, 6.07) is 3.81. The fraction of sp³-hybridized carbons (Fsp3) is 0.538. The average molecular weight is 233 g/mol. The molecule has 1 amide bonds. The number of nitrogens with one attached hydrogen (secondary N) is 2. The summed E-state index contributed by atoms with van der Waals surface area (Å²) in [5, 5.41) is 5.94. The summed E-state index contributed by atoms with van der Waals surface area (Å²) >= 11 is 0. The van der Waals surface area contributed by atoms with E-state index in [1.54, 1.807) is 13.1 Å². The van der Waals surface area contributed by atoms with Crippen molar-refractivity contribution in [3.05, 3.63) is 29.6 Å². The molecule has 1 aromatic heterocycles. The number of rotatable bonds is 3. The fourth-order valence-electron chi connectivity index (χ4n) is 2.23. The summed E-state index contributed by atoms with van der Waals surface area (Å²) in [5.74, 6) is 0.627. The Morgan fingerprint density at radius 3 is 2.82 bits per heavy atom. The third kappa shape index (κ3) is 3.27. The molecule has 1 fully saturated rings. The van der Waals surface area contributed by atoms with Crippen LogP contribution in [0.2, 0.25) is 0 Å². The molecule has 0 atom stereocenters. The Balaban J connectivity index is 1.95. The van der Waals surface area contributed by atoms with Crippen molar-refractivity contribution in [3.8, 4) is 0 Å². The molecule has 0 bridgehead atoms. The van der Waals surface area contributed by atoms with Gasteiger partial charge in [0.1, 0.15) is 5.69 Å². The monoisotopic (exact) mass is 233 g/mol. The number of carbonyl (C=O) groups excluding carboxylic acids is 1. The van der Waals surface area contributed by atoms with Crippen molar-refractivity contribution in [2.24, 2.45) is 5.92 Å². The lowest BCUT2D eigenvalue weighted by molar-refractivity contribution is 0.0958. The van der Waals surface area contributed by atoms with Gasteiger partial charge in [-0.2, -0.15) is 0 Å². The largest absolute Gasteiger partial charge is 0.354 e. The van der Waals surface area contributed by atoms with Gasteiger partial charge in [0.05, 0.1) is 0 Å². The molecule has 4 heteroatoms. The second kappa shape index (κ2) is 5.77. The lowest BCUT2D eigenvalue weighted by Crippen LogP contribution is -2.28. The van der Waals surface area contributed by atoms with Crippen molar-refractivity contribution in [2.75, 3.05) is 20.1 Å². The minimum absolute atomic E-state index is 0.126. The van der Waals surface area contributed by atoms with E-state index in [-0.39, 0.29) is 5.91 Å². The van der Waals surface area contributed by atoms with E-state index < -0.39 is 0 Å². The van der Waals surface area contributed by atoms with E-state index in [1.165, 1.54) is 18.4 Å². The summed E-state index contributed by atoms with van der Waals surface area (Å²) < 4.78 is 0. The Hall–Kier alpha value is -1.42. The molecule has 1 saturated heterocycles. The summed E-state index contributed by atoms with van der Waals surface area (Å²) in [4.78, 5) is 15.5. The van der Waals surface area contributed by atoms with Crippen LogP contribution in [-0.2, 0) is 6.42 Å². The molecule has 0 aromatic carbocycles. The molecule has 1 aliphatic heterocycles. The van der Waals surface area contributed by atoms with Gasteiger partial charge in [0, 0.05) is 13.2 Å². The van der Waals surface area contributed by atoms with Crippen molar-refractivity contribution in [2.45, 2.75) is 19.3 Å². The van der Waals surface area contributed by atoms with E-state index in [4.69, 9.17) is 0 Å². The molecule has 2 N–H and O–H groups in total. The Kier molecular flexibility index (Phi) is 4.09. The molecule has 2 heterocycles. The van der Waals surface area contributed by atoms with Crippen LogP contribution in [0.5, 0.6) is 0 Å². The fourth-order valence-corrected chi connectivity index (χ4v) is 2.23. The van der Waals surface area contributed by atoms with Crippen LogP contribution in [0.4, 0.5) is 0 Å². The molecule has 0 saturated carbocycles. The number of hydrogen-bond donors (Lipinski definition) is 2. The third-order valence-corrected chi connectivity index (χ3v) is 3.27. The first kappa shape index (κ1) is 12.0. The number of aromatic nitrogens is 1. The molecule has 1 aromatic rings. The number of nitrogens with zero attached hydrogens (tertiary/aromatic N) is 1. The Morgan fingerprint density at radius 2 is 2.24 bits per heavy atom. The van der Waals surface area contributed by atoms with E-state index in [9.17, 15) is 4.79 Å². The van der Waals surface area contributed by atoms with Gasteiger partial charge >= 0.3 is 0 Å². The smallest absolute Gasteiger partial charge is 0.269 e. The maximum atomic E-state index is 11.3. The third-order valence-electron chi connectivity index (χ3n) is 3.27. The number of carbonyl (C=O) groups is 1. The van der Waals surface area contributed by atoms with Gasteiger partial charge in [-0.3, -0.25) is 9.78 Å². The molecule has 92 valence electrons. The zero-order valence-corrected chi connectivity index (χ0v) is 10.2. The summed E-state index contributed by atoms with van der Waals surface area (Å²) in [5.41, 5.74) is 1.71. The first-order valence-corrected chi connectivity index (χ1v) is 6.17. The van der Waals surface area contributed by atoms with E-state index in [2.05, 4.69) is 15.6 Å². The van der Waals surface area contributed by atoms with E-state index in [0.29, 0.717) is 5.69 Å². The molecular formula is C13H19N3O. The van der Waals surface area contributed by atoms with Crippen LogP contribution < -0.4 is 10.6 Å².